The van der Waals surface area contributed by atoms with E-state index in [9.17, 15) is 14.1 Å². The van der Waals surface area contributed by atoms with E-state index >= 15 is 0 Å². The van der Waals surface area contributed by atoms with Crippen molar-refractivity contribution in [2.75, 3.05) is 0 Å². The minimum absolute atomic E-state index is 0.108. The summed E-state index contributed by atoms with van der Waals surface area (Å²) in [7, 11) is -1.30. The normalized spacial score (nSPS) is 17.2. The maximum absolute atomic E-state index is 12.2. The van der Waals surface area contributed by atoms with Crippen LogP contribution in [0.4, 0.5) is 0 Å². The molecule has 0 aliphatic carbocycles. The Kier molecular flexibility index (Phi) is 8.23. The average Bonchev–Trinajstić information content (AvgIpc) is 2.22. The van der Waals surface area contributed by atoms with Crippen LogP contribution in [0.15, 0.2) is 0 Å². The van der Waals surface area contributed by atoms with Gasteiger partial charge in [0, 0.05) is 6.04 Å². The number of rotatable bonds is 7. The molecule has 0 radical (unpaired) electrons. The highest BCUT2D eigenvalue weighted by molar-refractivity contribution is 7.84. The van der Waals surface area contributed by atoms with E-state index in [4.69, 9.17) is 4.74 Å². The van der Waals surface area contributed by atoms with Crippen molar-refractivity contribution in [1.82, 2.24) is 4.72 Å². The van der Waals surface area contributed by atoms with E-state index in [1.54, 1.807) is 20.8 Å². The minimum Gasteiger partial charge on any atom is -0.460 e. The summed E-state index contributed by atoms with van der Waals surface area (Å²) in [6, 6.07) is -0.410. The molecule has 3 atom stereocenters. The van der Waals surface area contributed by atoms with Gasteiger partial charge in [-0.05, 0) is 53.9 Å². The van der Waals surface area contributed by atoms with Crippen molar-refractivity contribution in [2.45, 2.75) is 90.7 Å². The summed E-state index contributed by atoms with van der Waals surface area (Å²) in [6.45, 7) is 15.0. The summed E-state index contributed by atoms with van der Waals surface area (Å²) < 4.78 is 20.0. The monoisotopic (exact) mass is 335 g/mol. The number of ether oxygens (including phenoxy) is 1. The quantitative estimate of drug-likeness (QED) is 0.701. The highest BCUT2D eigenvalue weighted by atomic mass is 32.2. The van der Waals surface area contributed by atoms with Crippen LogP contribution in [0.25, 0.3) is 0 Å². The van der Waals surface area contributed by atoms with Gasteiger partial charge in [0.05, 0.1) is 28.3 Å². The Hall–Kier alpha value is -0.460. The largest absolute Gasteiger partial charge is 0.460 e. The molecule has 0 rings (SSSR count). The molecule has 0 aromatic heterocycles. The van der Waals surface area contributed by atoms with Gasteiger partial charge in [0.25, 0.3) is 0 Å². The van der Waals surface area contributed by atoms with Gasteiger partial charge < -0.3 is 9.84 Å². The zero-order valence-electron chi connectivity index (χ0n) is 15.2. The molecule has 1 unspecified atom stereocenters. The van der Waals surface area contributed by atoms with Crippen molar-refractivity contribution < 1.29 is 18.8 Å². The Labute approximate surface area is 137 Å². The van der Waals surface area contributed by atoms with Crippen molar-refractivity contribution in [3.05, 3.63) is 0 Å². The Morgan fingerprint density at radius 1 is 1.18 bits per heavy atom. The van der Waals surface area contributed by atoms with E-state index in [-0.39, 0.29) is 6.42 Å². The standard InChI is InChI=1S/C16H33NO4S/c1-11(2)9-12(17-22(20)16(6,7)8)13(18)10-14(19)21-15(3,4)5/h11-13,17-18H,9-10H2,1-8H3/t12-,13+,22?/m0/s1. The van der Waals surface area contributed by atoms with Gasteiger partial charge in [-0.15, -0.1) is 0 Å². The summed E-state index contributed by atoms with van der Waals surface area (Å²) >= 11 is 0. The lowest BCUT2D eigenvalue weighted by atomic mass is 9.98. The van der Waals surface area contributed by atoms with Crippen LogP contribution in [0.2, 0.25) is 0 Å². The summed E-state index contributed by atoms with van der Waals surface area (Å²) in [6.07, 6.45) is -0.405. The van der Waals surface area contributed by atoms with Crippen LogP contribution in [0.1, 0.15) is 68.2 Å². The van der Waals surface area contributed by atoms with Crippen LogP contribution in [-0.4, -0.2) is 37.8 Å². The van der Waals surface area contributed by atoms with E-state index in [2.05, 4.69) is 4.72 Å². The Bertz CT molecular complexity index is 383. The minimum atomic E-state index is -1.30. The van der Waals surface area contributed by atoms with Gasteiger partial charge in [-0.3, -0.25) is 4.79 Å². The van der Waals surface area contributed by atoms with Crippen LogP contribution >= 0.6 is 0 Å². The molecule has 0 spiro atoms. The average molecular weight is 336 g/mol. The summed E-state index contributed by atoms with van der Waals surface area (Å²) in [5, 5.41) is 10.3. The zero-order valence-corrected chi connectivity index (χ0v) is 16.0. The molecule has 0 aromatic carbocycles. The van der Waals surface area contributed by atoms with Crippen molar-refractivity contribution in [3.8, 4) is 0 Å². The molecule has 2 N–H and O–H groups in total. The number of hydrogen-bond acceptors (Lipinski definition) is 4. The number of nitrogens with one attached hydrogen (secondary N) is 1. The molecule has 0 bridgehead atoms. The number of carbonyl (C=O) groups excluding carboxylic acids is 1. The van der Waals surface area contributed by atoms with Crippen molar-refractivity contribution in [3.63, 3.8) is 0 Å². The molecule has 0 aliphatic heterocycles. The van der Waals surface area contributed by atoms with Crippen molar-refractivity contribution >= 4 is 17.0 Å². The second-order valence-electron chi connectivity index (χ2n) is 8.09. The molecule has 22 heavy (non-hydrogen) atoms. The van der Waals surface area contributed by atoms with Crippen LogP contribution in [0.3, 0.4) is 0 Å². The van der Waals surface area contributed by atoms with Gasteiger partial charge in [-0.1, -0.05) is 13.8 Å². The lowest BCUT2D eigenvalue weighted by Crippen LogP contribution is -2.47. The molecular formula is C16H33NO4S. The number of esters is 1. The van der Waals surface area contributed by atoms with Gasteiger partial charge in [-0.25, -0.2) is 8.93 Å². The topological polar surface area (TPSA) is 75.6 Å². The lowest BCUT2D eigenvalue weighted by Gasteiger charge is -2.29. The molecule has 0 heterocycles. The van der Waals surface area contributed by atoms with Gasteiger partial charge in [0.1, 0.15) is 5.60 Å². The fraction of sp³-hybridized carbons (Fsp3) is 0.938. The fourth-order valence-electron chi connectivity index (χ4n) is 1.80. The van der Waals surface area contributed by atoms with Gasteiger partial charge in [-0.2, -0.15) is 0 Å². The number of aliphatic hydroxyl groups is 1. The third-order valence-corrected chi connectivity index (χ3v) is 4.43. The Morgan fingerprint density at radius 2 is 1.68 bits per heavy atom. The van der Waals surface area contributed by atoms with E-state index in [1.165, 1.54) is 0 Å². The molecule has 0 aromatic rings. The zero-order chi connectivity index (χ0) is 17.7. The Morgan fingerprint density at radius 3 is 2.05 bits per heavy atom. The smallest absolute Gasteiger partial charge is 0.308 e. The highest BCUT2D eigenvalue weighted by Gasteiger charge is 2.30. The summed E-state index contributed by atoms with van der Waals surface area (Å²) in [5.41, 5.74) is -0.577. The van der Waals surface area contributed by atoms with Gasteiger partial charge in [0.2, 0.25) is 0 Å². The van der Waals surface area contributed by atoms with Crippen LogP contribution < -0.4 is 4.72 Å². The van der Waals surface area contributed by atoms with E-state index in [0.717, 1.165) is 0 Å². The summed E-state index contributed by atoms with van der Waals surface area (Å²) in [4.78, 5) is 11.9. The first kappa shape index (κ1) is 21.5. The molecular weight excluding hydrogens is 302 g/mol. The fourth-order valence-corrected chi connectivity index (χ4v) is 2.68. The second-order valence-corrected chi connectivity index (χ2v) is 10.1. The van der Waals surface area contributed by atoms with Crippen molar-refractivity contribution in [1.29, 1.82) is 0 Å². The second kappa shape index (κ2) is 8.41. The third-order valence-electron chi connectivity index (χ3n) is 2.80. The third kappa shape index (κ3) is 9.54. The Balaban J connectivity index is 4.81. The van der Waals surface area contributed by atoms with Gasteiger partial charge >= 0.3 is 5.97 Å². The molecule has 0 aliphatic rings. The van der Waals surface area contributed by atoms with Gasteiger partial charge in [0.15, 0.2) is 0 Å². The number of carbonyl (C=O) groups is 1. The lowest BCUT2D eigenvalue weighted by molar-refractivity contribution is -0.157. The molecule has 0 saturated heterocycles. The van der Waals surface area contributed by atoms with Crippen molar-refractivity contribution in [2.24, 2.45) is 5.92 Å². The SMILES string of the molecule is CC(C)C[C@H](NS(=O)C(C)(C)C)[C@H](O)CC(=O)OC(C)(C)C. The molecule has 0 saturated carbocycles. The first-order valence-electron chi connectivity index (χ1n) is 7.80. The predicted molar refractivity (Wildman–Crippen MR) is 90.7 cm³/mol. The number of aliphatic hydroxyl groups excluding tert-OH is 1. The maximum Gasteiger partial charge on any atom is 0.308 e. The van der Waals surface area contributed by atoms with E-state index in [1.807, 2.05) is 34.6 Å². The highest BCUT2D eigenvalue weighted by Crippen LogP contribution is 2.17. The van der Waals surface area contributed by atoms with Crippen LogP contribution in [-0.2, 0) is 20.5 Å². The molecule has 132 valence electrons. The van der Waals surface area contributed by atoms with Crippen LogP contribution in [0.5, 0.6) is 0 Å². The first-order valence-corrected chi connectivity index (χ1v) is 8.95. The van der Waals surface area contributed by atoms with Crippen LogP contribution in [0, 0.1) is 5.92 Å². The van der Waals surface area contributed by atoms with E-state index in [0.29, 0.717) is 12.3 Å². The molecule has 0 amide bonds. The molecule has 6 heteroatoms. The van der Waals surface area contributed by atoms with E-state index < -0.39 is 39.4 Å². The first-order chi connectivity index (χ1) is 9.72. The number of hydrogen-bond donors (Lipinski definition) is 2. The molecule has 5 nitrogen and oxygen atoms in total. The molecule has 0 fully saturated rings. The maximum atomic E-state index is 12.2. The summed E-state index contributed by atoms with van der Waals surface area (Å²) in [5.74, 6) is -0.139. The predicted octanol–water partition coefficient (Wildman–Crippen LogP) is 2.55.